The van der Waals surface area contributed by atoms with Crippen LogP contribution in [0.25, 0.3) is 0 Å². The van der Waals surface area contributed by atoms with E-state index in [-0.39, 0.29) is 24.8 Å². The maximum absolute atomic E-state index is 11.7. The molecule has 0 spiro atoms. The van der Waals surface area contributed by atoms with Crippen LogP contribution >= 0.6 is 8.25 Å². The van der Waals surface area contributed by atoms with E-state index < -0.39 is 8.25 Å². The van der Waals surface area contributed by atoms with Crippen molar-refractivity contribution in [2.75, 3.05) is 13.2 Å². The minimum atomic E-state index is -2.84. The highest BCUT2D eigenvalue weighted by Crippen LogP contribution is 2.23. The Bertz CT molecular complexity index is 654. The first-order valence-electron chi connectivity index (χ1n) is 8.54. The average molecular weight is 374 g/mol. The summed E-state index contributed by atoms with van der Waals surface area (Å²) in [5.74, 6) is -0.294. The monoisotopic (exact) mass is 374 g/mol. The number of Topliss-reactive ketones (excluding diaryl/α,β-unsaturated/α-hetero) is 2. The third kappa shape index (κ3) is 8.34. The van der Waals surface area contributed by atoms with Crippen molar-refractivity contribution in [3.8, 4) is 0 Å². The van der Waals surface area contributed by atoms with E-state index in [1.165, 1.54) is 0 Å². The van der Waals surface area contributed by atoms with Gasteiger partial charge in [0.15, 0.2) is 11.6 Å². The van der Waals surface area contributed by atoms with Crippen molar-refractivity contribution in [1.82, 2.24) is 0 Å². The predicted molar refractivity (Wildman–Crippen MR) is 100 cm³/mol. The van der Waals surface area contributed by atoms with Gasteiger partial charge in [-0.2, -0.15) is 0 Å². The summed E-state index contributed by atoms with van der Waals surface area (Å²) < 4.78 is 21.5. The van der Waals surface area contributed by atoms with Gasteiger partial charge in [0.2, 0.25) is 0 Å². The molecule has 2 aromatic carbocycles. The molecule has 0 fully saturated rings. The van der Waals surface area contributed by atoms with Crippen molar-refractivity contribution in [3.05, 3.63) is 71.8 Å². The molecule has 6 heteroatoms. The van der Waals surface area contributed by atoms with Crippen molar-refractivity contribution in [1.29, 1.82) is 0 Å². The van der Waals surface area contributed by atoms with Crippen LogP contribution in [0, 0.1) is 0 Å². The lowest BCUT2D eigenvalue weighted by atomic mass is 10.1. The van der Waals surface area contributed by atoms with Gasteiger partial charge in [-0.25, -0.2) is 0 Å². The van der Waals surface area contributed by atoms with Crippen molar-refractivity contribution in [2.24, 2.45) is 0 Å². The van der Waals surface area contributed by atoms with Crippen molar-refractivity contribution >= 4 is 19.8 Å². The topological polar surface area (TPSA) is 69.7 Å². The molecule has 2 rings (SSSR count). The standard InChI is InChI=1S/C20H23O5P/c21-19(13-11-17-7-3-1-4-8-17)15-24-26(23)25-16-20(22)14-12-18-9-5-2-6-10-18/h1-10,26H,11-16H2. The summed E-state index contributed by atoms with van der Waals surface area (Å²) in [5.41, 5.74) is 2.13. The first-order chi connectivity index (χ1) is 12.6. The van der Waals surface area contributed by atoms with E-state index in [1.807, 2.05) is 60.7 Å². The molecule has 0 saturated carbocycles. The number of ketones is 2. The normalized spacial score (nSPS) is 10.8. The van der Waals surface area contributed by atoms with Gasteiger partial charge in [-0.1, -0.05) is 60.7 Å². The summed E-state index contributed by atoms with van der Waals surface area (Å²) in [6.07, 6.45) is 1.86. The highest BCUT2D eigenvalue weighted by Gasteiger charge is 2.09. The van der Waals surface area contributed by atoms with Crippen LogP contribution in [0.2, 0.25) is 0 Å². The maximum Gasteiger partial charge on any atom is 0.319 e. The molecule has 0 aliphatic heterocycles. The first-order valence-corrected chi connectivity index (χ1v) is 9.77. The van der Waals surface area contributed by atoms with Gasteiger partial charge in [0, 0.05) is 12.8 Å². The highest BCUT2D eigenvalue weighted by atomic mass is 31.1. The van der Waals surface area contributed by atoms with Gasteiger partial charge < -0.3 is 9.05 Å². The van der Waals surface area contributed by atoms with Crippen molar-refractivity contribution in [3.63, 3.8) is 0 Å². The van der Waals surface area contributed by atoms with Crippen LogP contribution < -0.4 is 0 Å². The van der Waals surface area contributed by atoms with Gasteiger partial charge in [0.05, 0.1) is 0 Å². The molecule has 2 aromatic rings. The van der Waals surface area contributed by atoms with Gasteiger partial charge in [-0.3, -0.25) is 14.2 Å². The summed E-state index contributed by atoms with van der Waals surface area (Å²) in [6.45, 7) is -0.522. The van der Waals surface area contributed by atoms with Crippen LogP contribution in [-0.2, 0) is 36.0 Å². The number of aryl methyl sites for hydroxylation is 2. The van der Waals surface area contributed by atoms with Gasteiger partial charge in [0.25, 0.3) is 0 Å². The number of hydrogen-bond acceptors (Lipinski definition) is 5. The lowest BCUT2D eigenvalue weighted by Gasteiger charge is -2.05. The summed E-state index contributed by atoms with van der Waals surface area (Å²) in [7, 11) is -2.84. The molecule has 5 nitrogen and oxygen atoms in total. The second-order valence-corrected chi connectivity index (χ2v) is 6.95. The van der Waals surface area contributed by atoms with Crippen molar-refractivity contribution in [2.45, 2.75) is 25.7 Å². The van der Waals surface area contributed by atoms with Gasteiger partial charge >= 0.3 is 8.25 Å². The third-order valence-electron chi connectivity index (χ3n) is 3.77. The van der Waals surface area contributed by atoms with E-state index in [1.54, 1.807) is 0 Å². The molecule has 0 bridgehead atoms. The highest BCUT2D eigenvalue weighted by molar-refractivity contribution is 7.33. The van der Waals surface area contributed by atoms with Crippen LogP contribution in [0.1, 0.15) is 24.0 Å². The molecule has 26 heavy (non-hydrogen) atoms. The smallest absolute Gasteiger partial charge is 0.303 e. The van der Waals surface area contributed by atoms with Crippen molar-refractivity contribution < 1.29 is 23.2 Å². The quantitative estimate of drug-likeness (QED) is 0.529. The fraction of sp³-hybridized carbons (Fsp3) is 0.300. The molecule has 0 atom stereocenters. The number of rotatable bonds is 12. The maximum atomic E-state index is 11.7. The van der Waals surface area contributed by atoms with Crippen LogP contribution in [0.4, 0.5) is 0 Å². The summed E-state index contributed by atoms with van der Waals surface area (Å²) in [5, 5.41) is 0. The Labute approximate surface area is 154 Å². The Morgan fingerprint density at radius 1 is 0.692 bits per heavy atom. The zero-order chi connectivity index (χ0) is 18.6. The lowest BCUT2D eigenvalue weighted by Crippen LogP contribution is -2.09. The second-order valence-electron chi connectivity index (χ2n) is 5.88. The molecule has 0 aliphatic rings. The Morgan fingerprint density at radius 2 is 1.08 bits per heavy atom. The molecular formula is C20H23O5P. The SMILES string of the molecule is O=C(CCc1ccccc1)CO[PH](=O)OCC(=O)CCc1ccccc1. The summed E-state index contributed by atoms with van der Waals surface area (Å²) >= 11 is 0. The number of hydrogen-bond donors (Lipinski definition) is 0. The van der Waals surface area contributed by atoms with Crippen LogP contribution in [0.15, 0.2) is 60.7 Å². The summed E-state index contributed by atoms with van der Waals surface area (Å²) in [6, 6.07) is 19.3. The molecule has 138 valence electrons. The first kappa shape index (κ1) is 20.2. The van der Waals surface area contributed by atoms with Gasteiger partial charge in [-0.05, 0) is 24.0 Å². The molecular weight excluding hydrogens is 351 g/mol. The van der Waals surface area contributed by atoms with Crippen LogP contribution in [0.5, 0.6) is 0 Å². The van der Waals surface area contributed by atoms with E-state index in [0.29, 0.717) is 25.7 Å². The molecule has 0 aliphatic carbocycles. The molecule has 0 saturated heterocycles. The van der Waals surface area contributed by atoms with E-state index in [2.05, 4.69) is 0 Å². The Morgan fingerprint density at radius 3 is 1.46 bits per heavy atom. The number of carbonyl (C=O) groups excluding carboxylic acids is 2. The van der Waals surface area contributed by atoms with Gasteiger partial charge in [-0.15, -0.1) is 0 Å². The lowest BCUT2D eigenvalue weighted by molar-refractivity contribution is -0.121. The molecule has 0 radical (unpaired) electrons. The molecule has 0 N–H and O–H groups in total. The Kier molecular flexibility index (Phi) is 8.98. The zero-order valence-corrected chi connectivity index (χ0v) is 15.6. The van der Waals surface area contributed by atoms with E-state index in [4.69, 9.17) is 9.05 Å². The van der Waals surface area contributed by atoms with E-state index in [9.17, 15) is 14.2 Å². The fourth-order valence-electron chi connectivity index (χ4n) is 2.32. The fourth-order valence-corrected chi connectivity index (χ4v) is 2.96. The number of carbonyl (C=O) groups is 2. The second kappa shape index (κ2) is 11.5. The molecule has 0 unspecified atom stereocenters. The van der Waals surface area contributed by atoms with Crippen LogP contribution in [0.3, 0.4) is 0 Å². The minimum absolute atomic E-state index is 0.147. The molecule has 0 heterocycles. The minimum Gasteiger partial charge on any atom is -0.303 e. The van der Waals surface area contributed by atoms with E-state index in [0.717, 1.165) is 11.1 Å². The predicted octanol–water partition coefficient (Wildman–Crippen LogP) is 3.81. The van der Waals surface area contributed by atoms with Gasteiger partial charge in [0.1, 0.15) is 13.2 Å². The largest absolute Gasteiger partial charge is 0.319 e. The molecule has 0 amide bonds. The van der Waals surface area contributed by atoms with Crippen LogP contribution in [-0.4, -0.2) is 24.8 Å². The molecule has 0 aromatic heterocycles. The summed E-state index contributed by atoms with van der Waals surface area (Å²) in [4.78, 5) is 23.5. The Balaban J connectivity index is 1.56. The zero-order valence-electron chi connectivity index (χ0n) is 14.6. The average Bonchev–Trinajstić information content (AvgIpc) is 2.69. The number of benzene rings is 2. The third-order valence-corrected chi connectivity index (χ3v) is 4.53. The van der Waals surface area contributed by atoms with E-state index >= 15 is 0 Å². The Hall–Kier alpha value is -2.07.